The van der Waals surface area contributed by atoms with Crippen LogP contribution in [0.25, 0.3) is 11.5 Å². The van der Waals surface area contributed by atoms with Crippen LogP contribution < -0.4 is 5.32 Å². The van der Waals surface area contributed by atoms with Crippen molar-refractivity contribution >= 4 is 0 Å². The Balaban J connectivity index is 2.04. The fraction of sp³-hybridized carbons (Fsp3) is 0.417. The number of ether oxygens (including phenoxy) is 1. The zero-order valence-electron chi connectivity index (χ0n) is 10.6. The second-order valence-corrected chi connectivity index (χ2v) is 3.93. The van der Waals surface area contributed by atoms with Crippen molar-refractivity contribution in [3.05, 3.63) is 30.5 Å². The van der Waals surface area contributed by atoms with Crippen molar-refractivity contribution in [2.75, 3.05) is 20.3 Å². The third-order valence-corrected chi connectivity index (χ3v) is 2.55. The molecular formula is C12H17N5O. The van der Waals surface area contributed by atoms with Crippen LogP contribution in [-0.2, 0) is 18.3 Å². The first-order valence-electron chi connectivity index (χ1n) is 5.79. The molecule has 6 heteroatoms. The van der Waals surface area contributed by atoms with Crippen molar-refractivity contribution in [2.45, 2.75) is 6.54 Å². The van der Waals surface area contributed by atoms with Gasteiger partial charge in [0, 0.05) is 33.4 Å². The summed E-state index contributed by atoms with van der Waals surface area (Å²) < 4.78 is 6.87. The normalized spacial score (nSPS) is 10.8. The molecule has 0 amide bonds. The predicted molar refractivity (Wildman–Crippen MR) is 67.8 cm³/mol. The van der Waals surface area contributed by atoms with Crippen LogP contribution in [0.2, 0.25) is 0 Å². The highest BCUT2D eigenvalue weighted by molar-refractivity contribution is 5.47. The van der Waals surface area contributed by atoms with E-state index in [2.05, 4.69) is 20.3 Å². The number of hydrogen-bond donors (Lipinski definition) is 1. The van der Waals surface area contributed by atoms with Crippen LogP contribution in [0.4, 0.5) is 0 Å². The Kier molecular flexibility index (Phi) is 4.38. The van der Waals surface area contributed by atoms with Gasteiger partial charge < -0.3 is 14.6 Å². The van der Waals surface area contributed by atoms with Crippen LogP contribution in [0, 0.1) is 0 Å². The van der Waals surface area contributed by atoms with Gasteiger partial charge in [-0.3, -0.25) is 0 Å². The molecule has 1 N–H and O–H groups in total. The summed E-state index contributed by atoms with van der Waals surface area (Å²) in [4.78, 5) is 12.8. The van der Waals surface area contributed by atoms with Crippen LogP contribution in [0.3, 0.4) is 0 Å². The summed E-state index contributed by atoms with van der Waals surface area (Å²) in [6, 6.07) is 1.90. The third kappa shape index (κ3) is 3.12. The molecule has 0 aliphatic heterocycles. The minimum atomic E-state index is 0.694. The van der Waals surface area contributed by atoms with E-state index in [4.69, 9.17) is 4.74 Å². The van der Waals surface area contributed by atoms with Gasteiger partial charge >= 0.3 is 0 Å². The maximum absolute atomic E-state index is 4.97. The number of rotatable bonds is 6. The number of imidazole rings is 1. The van der Waals surface area contributed by atoms with Crippen molar-refractivity contribution in [1.29, 1.82) is 0 Å². The number of aryl methyl sites for hydroxylation is 1. The first-order valence-corrected chi connectivity index (χ1v) is 5.79. The molecule has 6 nitrogen and oxygen atoms in total. The van der Waals surface area contributed by atoms with E-state index >= 15 is 0 Å². The molecule has 18 heavy (non-hydrogen) atoms. The van der Waals surface area contributed by atoms with Gasteiger partial charge in [-0.25, -0.2) is 15.0 Å². The van der Waals surface area contributed by atoms with Gasteiger partial charge in [-0.1, -0.05) is 0 Å². The van der Waals surface area contributed by atoms with Gasteiger partial charge in [0.2, 0.25) is 0 Å². The van der Waals surface area contributed by atoms with Gasteiger partial charge in [0.15, 0.2) is 5.82 Å². The predicted octanol–water partition coefficient (Wildman–Crippen LogP) is 0.613. The Morgan fingerprint density at radius 1 is 1.44 bits per heavy atom. The molecule has 2 rings (SSSR count). The summed E-state index contributed by atoms with van der Waals surface area (Å²) in [6.07, 6.45) is 5.27. The third-order valence-electron chi connectivity index (χ3n) is 2.55. The number of nitrogens with one attached hydrogen (secondary N) is 1. The molecule has 0 spiro atoms. The molecule has 0 saturated heterocycles. The Morgan fingerprint density at radius 3 is 3.06 bits per heavy atom. The Morgan fingerprint density at radius 2 is 2.33 bits per heavy atom. The minimum Gasteiger partial charge on any atom is -0.383 e. The molecule has 0 aliphatic carbocycles. The number of methoxy groups -OCH3 is 1. The van der Waals surface area contributed by atoms with Crippen LogP contribution in [0.15, 0.2) is 24.8 Å². The van der Waals surface area contributed by atoms with Crippen LogP contribution >= 0.6 is 0 Å². The van der Waals surface area contributed by atoms with Gasteiger partial charge in [0.1, 0.15) is 5.69 Å². The molecule has 0 aromatic carbocycles. The fourth-order valence-electron chi connectivity index (χ4n) is 1.58. The van der Waals surface area contributed by atoms with Crippen molar-refractivity contribution in [3.63, 3.8) is 0 Å². The van der Waals surface area contributed by atoms with E-state index in [-0.39, 0.29) is 0 Å². The zero-order valence-corrected chi connectivity index (χ0v) is 10.6. The van der Waals surface area contributed by atoms with E-state index in [1.165, 1.54) is 0 Å². The highest BCUT2D eigenvalue weighted by Gasteiger charge is 2.06. The second kappa shape index (κ2) is 6.23. The van der Waals surface area contributed by atoms with Crippen LogP contribution in [-0.4, -0.2) is 39.8 Å². The smallest absolute Gasteiger partial charge is 0.178 e. The monoisotopic (exact) mass is 247 g/mol. The largest absolute Gasteiger partial charge is 0.383 e. The van der Waals surface area contributed by atoms with E-state index < -0.39 is 0 Å². The topological polar surface area (TPSA) is 64.9 Å². The Hall–Kier alpha value is -1.79. The molecule has 2 aromatic heterocycles. The molecule has 96 valence electrons. The molecule has 0 fully saturated rings. The minimum absolute atomic E-state index is 0.694. The van der Waals surface area contributed by atoms with E-state index in [1.807, 2.05) is 17.7 Å². The molecule has 0 radical (unpaired) electrons. The summed E-state index contributed by atoms with van der Waals surface area (Å²) >= 11 is 0. The summed E-state index contributed by atoms with van der Waals surface area (Å²) in [5.41, 5.74) is 1.87. The number of aromatic nitrogens is 4. The lowest BCUT2D eigenvalue weighted by atomic mass is 10.3. The highest BCUT2D eigenvalue weighted by Crippen LogP contribution is 2.12. The average molecular weight is 247 g/mol. The lowest BCUT2D eigenvalue weighted by Crippen LogP contribution is -2.19. The van der Waals surface area contributed by atoms with Crippen molar-refractivity contribution < 1.29 is 4.74 Å². The molecular weight excluding hydrogens is 230 g/mol. The number of nitrogens with zero attached hydrogens (tertiary/aromatic N) is 4. The lowest BCUT2D eigenvalue weighted by Gasteiger charge is -2.05. The van der Waals surface area contributed by atoms with Crippen LogP contribution in [0.1, 0.15) is 5.69 Å². The van der Waals surface area contributed by atoms with Crippen molar-refractivity contribution in [3.8, 4) is 11.5 Å². The quantitative estimate of drug-likeness (QED) is 0.758. The van der Waals surface area contributed by atoms with Gasteiger partial charge in [0.25, 0.3) is 0 Å². The van der Waals surface area contributed by atoms with Gasteiger partial charge in [-0.05, 0) is 6.07 Å². The zero-order chi connectivity index (χ0) is 12.8. The second-order valence-electron chi connectivity index (χ2n) is 3.93. The molecule has 0 aliphatic rings. The first kappa shape index (κ1) is 12.7. The van der Waals surface area contributed by atoms with Crippen LogP contribution in [0.5, 0.6) is 0 Å². The molecule has 2 heterocycles. The molecule has 0 saturated carbocycles. The van der Waals surface area contributed by atoms with E-state index in [0.29, 0.717) is 19.0 Å². The van der Waals surface area contributed by atoms with E-state index in [0.717, 1.165) is 17.9 Å². The summed E-state index contributed by atoms with van der Waals surface area (Å²) in [5, 5.41) is 3.25. The Bertz CT molecular complexity index is 497. The lowest BCUT2D eigenvalue weighted by molar-refractivity contribution is 0.199. The van der Waals surface area contributed by atoms with Gasteiger partial charge in [-0.15, -0.1) is 0 Å². The SMILES string of the molecule is COCCNCc1ccnc(-c2cncn2C)n1. The van der Waals surface area contributed by atoms with Gasteiger partial charge in [0.05, 0.1) is 24.8 Å². The Labute approximate surface area is 106 Å². The van der Waals surface area contributed by atoms with E-state index in [1.54, 1.807) is 25.8 Å². The summed E-state index contributed by atoms with van der Waals surface area (Å²) in [7, 11) is 3.61. The van der Waals surface area contributed by atoms with Gasteiger partial charge in [-0.2, -0.15) is 0 Å². The first-order chi connectivity index (χ1) is 8.81. The maximum atomic E-state index is 4.97. The summed E-state index contributed by atoms with van der Waals surface area (Å²) in [5.74, 6) is 0.695. The molecule has 0 unspecified atom stereocenters. The molecule has 2 aromatic rings. The van der Waals surface area contributed by atoms with Crippen molar-refractivity contribution in [1.82, 2.24) is 24.8 Å². The van der Waals surface area contributed by atoms with Crippen molar-refractivity contribution in [2.24, 2.45) is 7.05 Å². The molecule has 0 bridgehead atoms. The molecule has 0 atom stereocenters. The maximum Gasteiger partial charge on any atom is 0.178 e. The van der Waals surface area contributed by atoms with E-state index in [9.17, 15) is 0 Å². The summed E-state index contributed by atoms with van der Waals surface area (Å²) in [6.45, 7) is 2.21. The highest BCUT2D eigenvalue weighted by atomic mass is 16.5. The fourth-order valence-corrected chi connectivity index (χ4v) is 1.58. The number of hydrogen-bond acceptors (Lipinski definition) is 5. The standard InChI is InChI=1S/C12H17N5O/c1-17-9-14-8-11(17)12-15-4-3-10(16-12)7-13-5-6-18-2/h3-4,8-9,13H,5-7H2,1-2H3. The average Bonchev–Trinajstić information content (AvgIpc) is 2.81.